The summed E-state index contributed by atoms with van der Waals surface area (Å²) in [5.41, 5.74) is 1.21. The van der Waals surface area contributed by atoms with Crippen molar-refractivity contribution in [3.63, 3.8) is 0 Å². The van der Waals surface area contributed by atoms with Crippen LogP contribution in [0.25, 0.3) is 0 Å². The molecule has 0 N–H and O–H groups in total. The Morgan fingerprint density at radius 1 is 1.24 bits per heavy atom. The quantitative estimate of drug-likeness (QED) is 0.784. The second kappa shape index (κ2) is 5.08. The Balaban J connectivity index is 2.20. The zero-order valence-electron chi connectivity index (χ0n) is 9.71. The van der Waals surface area contributed by atoms with Gasteiger partial charge >= 0.3 is 0 Å². The predicted molar refractivity (Wildman–Crippen MR) is 72.9 cm³/mol. The predicted octanol–water partition coefficient (Wildman–Crippen LogP) is 2.20. The van der Waals surface area contributed by atoms with E-state index in [4.69, 9.17) is 0 Å². The van der Waals surface area contributed by atoms with Crippen molar-refractivity contribution in [3.8, 4) is 0 Å². The number of hydrogen-bond donors (Lipinski definition) is 0. The van der Waals surface area contributed by atoms with Gasteiger partial charge in [0.15, 0.2) is 0 Å². The SMILES string of the molecule is CS(=O)(=O)N1CC(Br)CC(c2ccccc2)C1. The summed E-state index contributed by atoms with van der Waals surface area (Å²) >= 11 is 3.55. The van der Waals surface area contributed by atoms with Crippen molar-refractivity contribution in [2.45, 2.75) is 17.2 Å². The molecule has 0 amide bonds. The van der Waals surface area contributed by atoms with Crippen LogP contribution in [0.4, 0.5) is 0 Å². The summed E-state index contributed by atoms with van der Waals surface area (Å²) in [4.78, 5) is 0.233. The van der Waals surface area contributed by atoms with Crippen molar-refractivity contribution in [2.75, 3.05) is 19.3 Å². The molecule has 0 aromatic heterocycles. The van der Waals surface area contributed by atoms with Gasteiger partial charge in [0.1, 0.15) is 0 Å². The molecule has 0 spiro atoms. The molecule has 1 aromatic carbocycles. The highest BCUT2D eigenvalue weighted by molar-refractivity contribution is 9.09. The number of hydrogen-bond acceptors (Lipinski definition) is 2. The van der Waals surface area contributed by atoms with Crippen LogP contribution in [0, 0.1) is 0 Å². The smallest absolute Gasteiger partial charge is 0.211 e. The monoisotopic (exact) mass is 317 g/mol. The van der Waals surface area contributed by atoms with Crippen LogP contribution in [0.2, 0.25) is 0 Å². The van der Waals surface area contributed by atoms with Crippen molar-refractivity contribution in [2.24, 2.45) is 0 Å². The molecule has 2 rings (SSSR count). The average Bonchev–Trinajstić information content (AvgIpc) is 2.28. The molecule has 1 fully saturated rings. The van der Waals surface area contributed by atoms with Gasteiger partial charge < -0.3 is 0 Å². The van der Waals surface area contributed by atoms with Gasteiger partial charge in [-0.15, -0.1) is 0 Å². The van der Waals surface area contributed by atoms with E-state index in [1.807, 2.05) is 18.2 Å². The molecule has 1 aromatic rings. The molecule has 1 aliphatic rings. The molecule has 1 heterocycles. The molecule has 0 saturated carbocycles. The summed E-state index contributed by atoms with van der Waals surface area (Å²) in [6.07, 6.45) is 2.26. The fraction of sp³-hybridized carbons (Fsp3) is 0.500. The lowest BCUT2D eigenvalue weighted by molar-refractivity contribution is 0.327. The molecule has 0 aliphatic carbocycles. The van der Waals surface area contributed by atoms with Crippen molar-refractivity contribution in [1.82, 2.24) is 4.31 Å². The highest BCUT2D eigenvalue weighted by Gasteiger charge is 2.31. The number of piperidine rings is 1. The maximum Gasteiger partial charge on any atom is 0.211 e. The summed E-state index contributed by atoms with van der Waals surface area (Å²) in [5, 5.41) is 0. The topological polar surface area (TPSA) is 37.4 Å². The van der Waals surface area contributed by atoms with Gasteiger partial charge in [-0.1, -0.05) is 46.3 Å². The number of alkyl halides is 1. The Labute approximate surface area is 111 Å². The molecule has 1 aliphatic heterocycles. The zero-order valence-corrected chi connectivity index (χ0v) is 12.1. The second-order valence-electron chi connectivity index (χ2n) is 4.52. The van der Waals surface area contributed by atoms with E-state index in [0.29, 0.717) is 13.1 Å². The highest BCUT2D eigenvalue weighted by atomic mass is 79.9. The van der Waals surface area contributed by atoms with Gasteiger partial charge in [-0.2, -0.15) is 0 Å². The van der Waals surface area contributed by atoms with Crippen LogP contribution in [-0.4, -0.2) is 36.9 Å². The highest BCUT2D eigenvalue weighted by Crippen LogP contribution is 2.31. The van der Waals surface area contributed by atoms with Crippen LogP contribution in [0.3, 0.4) is 0 Å². The van der Waals surface area contributed by atoms with Crippen molar-refractivity contribution >= 4 is 26.0 Å². The Bertz CT molecular complexity index is 475. The Morgan fingerprint density at radius 3 is 2.47 bits per heavy atom. The maximum atomic E-state index is 11.6. The minimum Gasteiger partial charge on any atom is -0.213 e. The van der Waals surface area contributed by atoms with Crippen LogP contribution < -0.4 is 0 Å². The molecule has 0 bridgehead atoms. The minimum absolute atomic E-state index is 0.233. The third kappa shape index (κ3) is 3.30. The van der Waals surface area contributed by atoms with Gasteiger partial charge in [0, 0.05) is 17.9 Å². The van der Waals surface area contributed by atoms with E-state index in [9.17, 15) is 8.42 Å². The van der Waals surface area contributed by atoms with Gasteiger partial charge in [0.05, 0.1) is 6.26 Å². The molecule has 3 nitrogen and oxygen atoms in total. The standard InChI is InChI=1S/C12H16BrNO2S/c1-17(15,16)14-8-11(7-12(13)9-14)10-5-3-2-4-6-10/h2-6,11-12H,7-9H2,1H3. The van der Waals surface area contributed by atoms with E-state index < -0.39 is 10.0 Å². The average molecular weight is 318 g/mol. The molecular weight excluding hydrogens is 302 g/mol. The lowest BCUT2D eigenvalue weighted by Crippen LogP contribution is -2.43. The van der Waals surface area contributed by atoms with Crippen molar-refractivity contribution in [3.05, 3.63) is 35.9 Å². The maximum absolute atomic E-state index is 11.6. The third-order valence-electron chi connectivity index (χ3n) is 3.11. The lowest BCUT2D eigenvalue weighted by atomic mass is 9.92. The molecule has 2 atom stereocenters. The van der Waals surface area contributed by atoms with Crippen LogP contribution in [0.15, 0.2) is 30.3 Å². The first-order chi connectivity index (χ1) is 7.97. The lowest BCUT2D eigenvalue weighted by Gasteiger charge is -2.34. The molecule has 17 heavy (non-hydrogen) atoms. The van der Waals surface area contributed by atoms with E-state index in [0.717, 1.165) is 6.42 Å². The molecular formula is C12H16BrNO2S. The zero-order chi connectivity index (χ0) is 12.5. The van der Waals surface area contributed by atoms with Gasteiger partial charge in [0.2, 0.25) is 10.0 Å². The largest absolute Gasteiger partial charge is 0.213 e. The number of sulfonamides is 1. The van der Waals surface area contributed by atoms with Crippen LogP contribution in [-0.2, 0) is 10.0 Å². The Kier molecular flexibility index (Phi) is 3.90. The van der Waals surface area contributed by atoms with Crippen LogP contribution >= 0.6 is 15.9 Å². The van der Waals surface area contributed by atoms with Gasteiger partial charge in [-0.25, -0.2) is 12.7 Å². The summed E-state index contributed by atoms with van der Waals surface area (Å²) in [6, 6.07) is 10.1. The van der Waals surface area contributed by atoms with Crippen molar-refractivity contribution < 1.29 is 8.42 Å². The number of benzene rings is 1. The van der Waals surface area contributed by atoms with Crippen LogP contribution in [0.1, 0.15) is 17.9 Å². The summed E-state index contributed by atoms with van der Waals surface area (Å²) < 4.78 is 24.8. The number of rotatable bonds is 2. The third-order valence-corrected chi connectivity index (χ3v) is 5.01. The number of nitrogens with zero attached hydrogens (tertiary/aromatic N) is 1. The van der Waals surface area contributed by atoms with E-state index in [-0.39, 0.29) is 10.7 Å². The van der Waals surface area contributed by atoms with E-state index in [2.05, 4.69) is 28.1 Å². The van der Waals surface area contributed by atoms with Crippen molar-refractivity contribution in [1.29, 1.82) is 0 Å². The van der Waals surface area contributed by atoms with Gasteiger partial charge in [-0.3, -0.25) is 0 Å². The summed E-state index contributed by atoms with van der Waals surface area (Å²) in [6.45, 7) is 1.16. The Hall–Kier alpha value is -0.390. The first-order valence-electron chi connectivity index (χ1n) is 5.61. The number of halogens is 1. The fourth-order valence-electron chi connectivity index (χ4n) is 2.24. The molecule has 2 unspecified atom stereocenters. The first kappa shape index (κ1) is 13.1. The summed E-state index contributed by atoms with van der Waals surface area (Å²) in [7, 11) is -3.10. The van der Waals surface area contributed by atoms with E-state index in [1.165, 1.54) is 11.8 Å². The van der Waals surface area contributed by atoms with Gasteiger partial charge in [-0.05, 0) is 17.9 Å². The molecule has 0 radical (unpaired) electrons. The molecule has 1 saturated heterocycles. The summed E-state index contributed by atoms with van der Waals surface area (Å²) in [5.74, 6) is 0.282. The van der Waals surface area contributed by atoms with Crippen LogP contribution in [0.5, 0.6) is 0 Å². The molecule has 5 heteroatoms. The molecule has 94 valence electrons. The minimum atomic E-state index is -3.10. The van der Waals surface area contributed by atoms with E-state index >= 15 is 0 Å². The van der Waals surface area contributed by atoms with Gasteiger partial charge in [0.25, 0.3) is 0 Å². The first-order valence-corrected chi connectivity index (χ1v) is 8.37. The Morgan fingerprint density at radius 2 is 1.88 bits per heavy atom. The van der Waals surface area contributed by atoms with E-state index in [1.54, 1.807) is 4.31 Å². The second-order valence-corrected chi connectivity index (χ2v) is 7.80. The fourth-order valence-corrected chi connectivity index (χ4v) is 4.13. The normalized spacial score (nSPS) is 26.9.